The summed E-state index contributed by atoms with van der Waals surface area (Å²) in [5, 5.41) is 0. The van der Waals surface area contributed by atoms with Crippen molar-refractivity contribution in [1.29, 1.82) is 0 Å². The Morgan fingerprint density at radius 2 is 1.10 bits per heavy atom. The van der Waals surface area contributed by atoms with Crippen LogP contribution in [0.3, 0.4) is 0 Å². The maximum atomic E-state index is 2.53. The Labute approximate surface area is 138 Å². The summed E-state index contributed by atoms with van der Waals surface area (Å²) in [6.07, 6.45) is 5.06. The second-order valence-electron chi connectivity index (χ2n) is 6.00. The standard InChI is InChI=1S/2C10H9.Zr/c2*1-8-6-7-9-4-2-3-5-10(8)9;/h2*2-7H,1H3;. The molecule has 4 rings (SSSR count). The molecule has 0 amide bonds. The summed E-state index contributed by atoms with van der Waals surface area (Å²) in [4.78, 5) is 0. The van der Waals surface area contributed by atoms with E-state index >= 15 is 0 Å². The molecule has 0 nitrogen and oxygen atoms in total. The fourth-order valence-corrected chi connectivity index (χ4v) is 8.36. The Kier molecular flexibility index (Phi) is 3.34. The molecule has 0 heterocycles. The molecule has 0 N–H and O–H groups in total. The van der Waals surface area contributed by atoms with Crippen molar-refractivity contribution in [3.05, 3.63) is 82.9 Å². The first kappa shape index (κ1) is 13.5. The first-order chi connectivity index (χ1) is 10.2. The van der Waals surface area contributed by atoms with E-state index in [0.29, 0.717) is 0 Å². The molecule has 2 aliphatic rings. The summed E-state index contributed by atoms with van der Waals surface area (Å²) < 4.78 is 1.45. The fourth-order valence-electron chi connectivity index (χ4n) is 3.58. The van der Waals surface area contributed by atoms with Gasteiger partial charge in [0.15, 0.2) is 0 Å². The molecule has 0 aliphatic heterocycles. The van der Waals surface area contributed by atoms with Crippen LogP contribution >= 0.6 is 0 Å². The van der Waals surface area contributed by atoms with Gasteiger partial charge in [0.1, 0.15) is 0 Å². The number of rotatable bonds is 2. The van der Waals surface area contributed by atoms with Crippen LogP contribution in [-0.2, 0) is 23.2 Å². The summed E-state index contributed by atoms with van der Waals surface area (Å²) in [5.74, 6) is 0. The number of fused-ring (bicyclic) bond motifs is 2. The van der Waals surface area contributed by atoms with E-state index in [1.54, 1.807) is 11.1 Å². The van der Waals surface area contributed by atoms with Gasteiger partial charge in [-0.05, 0) is 0 Å². The van der Waals surface area contributed by atoms with Gasteiger partial charge in [-0.25, -0.2) is 0 Å². The fraction of sp³-hybridized carbons (Fsp3) is 0.200. The number of hydrogen-bond acceptors (Lipinski definition) is 0. The molecular weight excluding hydrogens is 331 g/mol. The Morgan fingerprint density at radius 1 is 0.667 bits per heavy atom. The van der Waals surface area contributed by atoms with Crippen molar-refractivity contribution in [2.24, 2.45) is 0 Å². The van der Waals surface area contributed by atoms with Crippen LogP contribution in [0.15, 0.2) is 60.7 Å². The van der Waals surface area contributed by atoms with Crippen molar-refractivity contribution in [1.82, 2.24) is 0 Å². The molecule has 2 unspecified atom stereocenters. The second-order valence-corrected chi connectivity index (χ2v) is 9.87. The molecule has 0 aromatic heterocycles. The first-order valence-corrected chi connectivity index (χ1v) is 10.4. The van der Waals surface area contributed by atoms with E-state index in [0.717, 1.165) is 7.25 Å². The number of hydrogen-bond donors (Lipinski definition) is 0. The Bertz CT molecular complexity index is 701. The average Bonchev–Trinajstić information content (AvgIpc) is 3.00. The van der Waals surface area contributed by atoms with Crippen LogP contribution in [-0.4, -0.2) is 0 Å². The van der Waals surface area contributed by atoms with Crippen LogP contribution in [0.2, 0.25) is 0 Å². The summed E-state index contributed by atoms with van der Waals surface area (Å²) in [7, 11) is 0. The minimum atomic E-state index is -0.595. The van der Waals surface area contributed by atoms with Crippen molar-refractivity contribution < 1.29 is 23.2 Å². The Balaban J connectivity index is 1.67. The molecule has 0 radical (unpaired) electrons. The molecule has 2 atom stereocenters. The van der Waals surface area contributed by atoms with E-state index in [9.17, 15) is 0 Å². The molecule has 2 aromatic rings. The number of benzene rings is 2. The third-order valence-electron chi connectivity index (χ3n) is 4.63. The first-order valence-electron chi connectivity index (χ1n) is 7.55. The summed E-state index contributed by atoms with van der Waals surface area (Å²) >= 11 is -0.595. The minimum absolute atomic E-state index is 0.595. The van der Waals surface area contributed by atoms with Gasteiger partial charge in [-0.3, -0.25) is 0 Å². The van der Waals surface area contributed by atoms with Crippen LogP contribution in [0, 0.1) is 0 Å². The van der Waals surface area contributed by atoms with Crippen LogP contribution < -0.4 is 0 Å². The van der Waals surface area contributed by atoms with Crippen LogP contribution in [0.4, 0.5) is 0 Å². The molecule has 0 saturated carbocycles. The summed E-state index contributed by atoms with van der Waals surface area (Å²) in [6, 6.07) is 18.0. The van der Waals surface area contributed by atoms with E-state index in [-0.39, 0.29) is 0 Å². The van der Waals surface area contributed by atoms with Crippen LogP contribution in [0.5, 0.6) is 0 Å². The third kappa shape index (κ3) is 2.23. The van der Waals surface area contributed by atoms with Crippen LogP contribution in [0.1, 0.15) is 43.4 Å². The van der Waals surface area contributed by atoms with Gasteiger partial charge in [0.05, 0.1) is 0 Å². The van der Waals surface area contributed by atoms with Gasteiger partial charge in [0, 0.05) is 0 Å². The van der Waals surface area contributed by atoms with E-state index in [4.69, 9.17) is 0 Å². The third-order valence-corrected chi connectivity index (χ3v) is 8.75. The second kappa shape index (κ2) is 5.22. The topological polar surface area (TPSA) is 0 Å². The molecule has 2 aromatic carbocycles. The molecule has 0 saturated heterocycles. The predicted octanol–water partition coefficient (Wildman–Crippen LogP) is 5.39. The maximum absolute atomic E-state index is 2.53. The molecule has 2 aliphatic carbocycles. The van der Waals surface area contributed by atoms with Gasteiger partial charge in [0.2, 0.25) is 0 Å². The van der Waals surface area contributed by atoms with Gasteiger partial charge in [0.25, 0.3) is 0 Å². The van der Waals surface area contributed by atoms with Gasteiger partial charge in [-0.15, -0.1) is 0 Å². The van der Waals surface area contributed by atoms with Gasteiger partial charge in [-0.1, -0.05) is 0 Å². The monoisotopic (exact) mass is 348 g/mol. The molecule has 21 heavy (non-hydrogen) atoms. The molecule has 102 valence electrons. The zero-order valence-corrected chi connectivity index (χ0v) is 14.9. The predicted molar refractivity (Wildman–Crippen MR) is 85.7 cm³/mol. The SMILES string of the molecule is CC1=C[CH]([Zr][CH]2C=C(C)c3ccccc32)c2ccccc21. The summed E-state index contributed by atoms with van der Waals surface area (Å²) in [6.45, 7) is 4.53. The van der Waals surface area contributed by atoms with Crippen molar-refractivity contribution in [3.8, 4) is 0 Å². The van der Waals surface area contributed by atoms with Crippen molar-refractivity contribution in [3.63, 3.8) is 0 Å². The molecule has 0 spiro atoms. The van der Waals surface area contributed by atoms with Gasteiger partial charge < -0.3 is 0 Å². The van der Waals surface area contributed by atoms with E-state index in [1.807, 2.05) is 0 Å². The zero-order chi connectivity index (χ0) is 14.4. The van der Waals surface area contributed by atoms with E-state index in [1.165, 1.54) is 22.3 Å². The average molecular weight is 350 g/mol. The zero-order valence-electron chi connectivity index (χ0n) is 12.4. The van der Waals surface area contributed by atoms with Crippen molar-refractivity contribution in [2.75, 3.05) is 0 Å². The van der Waals surface area contributed by atoms with Crippen molar-refractivity contribution in [2.45, 2.75) is 21.1 Å². The Hall–Kier alpha value is -1.20. The normalized spacial score (nSPS) is 22.4. The molecule has 0 bridgehead atoms. The van der Waals surface area contributed by atoms with Gasteiger partial charge >= 0.3 is 138 Å². The van der Waals surface area contributed by atoms with E-state index < -0.39 is 23.2 Å². The molecule has 0 fully saturated rings. The summed E-state index contributed by atoms with van der Waals surface area (Å²) in [5.41, 5.74) is 9.08. The van der Waals surface area contributed by atoms with Crippen LogP contribution in [0.25, 0.3) is 11.1 Å². The van der Waals surface area contributed by atoms with Gasteiger partial charge in [-0.2, -0.15) is 0 Å². The quantitative estimate of drug-likeness (QED) is 0.682. The number of allylic oxidation sites excluding steroid dienone is 4. The Morgan fingerprint density at radius 3 is 1.57 bits per heavy atom. The molecule has 1 heteroatoms. The van der Waals surface area contributed by atoms with E-state index in [2.05, 4.69) is 74.5 Å². The molecular formula is C20H18Zr. The van der Waals surface area contributed by atoms with Crippen molar-refractivity contribution >= 4 is 11.1 Å².